The molecule has 3 nitrogen and oxygen atoms in total. The second kappa shape index (κ2) is 9.47. The topological polar surface area (TPSA) is 38.8 Å². The summed E-state index contributed by atoms with van der Waals surface area (Å²) in [6.07, 6.45) is 14.4. The Balaban J connectivity index is 1.22. The van der Waals surface area contributed by atoms with Gasteiger partial charge < -0.3 is 9.47 Å². The number of epoxide rings is 1. The number of esters is 1. The molecule has 0 aromatic heterocycles. The van der Waals surface area contributed by atoms with Gasteiger partial charge in [0.1, 0.15) is 6.10 Å². The Morgan fingerprint density at radius 2 is 1.74 bits per heavy atom. The van der Waals surface area contributed by atoms with Gasteiger partial charge in [-0.2, -0.15) is 0 Å². The van der Waals surface area contributed by atoms with Crippen LogP contribution in [0, 0.1) is 51.8 Å². The fourth-order valence-corrected chi connectivity index (χ4v) is 10.8. The highest BCUT2D eigenvalue weighted by atomic mass is 16.8. The number of benzene rings is 1. The van der Waals surface area contributed by atoms with Crippen LogP contribution in [0.5, 0.6) is 0 Å². The van der Waals surface area contributed by atoms with Crippen LogP contribution < -0.4 is 0 Å². The van der Waals surface area contributed by atoms with Crippen molar-refractivity contribution in [2.24, 2.45) is 51.8 Å². The third-order valence-corrected chi connectivity index (χ3v) is 12.8. The number of rotatable bonds is 7. The van der Waals surface area contributed by atoms with Crippen LogP contribution in [0.4, 0.5) is 0 Å². The molecule has 4 aliphatic carbocycles. The second-order valence-corrected chi connectivity index (χ2v) is 15.5. The van der Waals surface area contributed by atoms with E-state index in [2.05, 4.69) is 54.5 Å². The molecular weight excluding hydrogens is 480 g/mol. The Hall–Kier alpha value is -1.61. The molecule has 4 fully saturated rings. The maximum absolute atomic E-state index is 13.1. The first kappa shape index (κ1) is 27.6. The van der Waals surface area contributed by atoms with Crippen molar-refractivity contribution in [3.05, 3.63) is 47.5 Å². The predicted molar refractivity (Wildman–Crippen MR) is 157 cm³/mol. The van der Waals surface area contributed by atoms with Gasteiger partial charge >= 0.3 is 5.97 Å². The summed E-state index contributed by atoms with van der Waals surface area (Å²) in [5.41, 5.74) is 2.38. The summed E-state index contributed by atoms with van der Waals surface area (Å²) in [5.74, 6) is 3.77. The lowest BCUT2D eigenvalue weighted by atomic mass is 9.44. The number of carbonyl (C=O) groups is 1. The van der Waals surface area contributed by atoms with Gasteiger partial charge in [0.15, 0.2) is 0 Å². The Bertz CT molecular complexity index is 1120. The van der Waals surface area contributed by atoms with Crippen molar-refractivity contribution in [3.63, 3.8) is 0 Å². The molecule has 0 amide bonds. The minimum atomic E-state index is -0.828. The molecule has 3 heteroatoms. The number of allylic oxidation sites excluding steroid dienone is 1. The number of fused-ring (bicyclic) bond motifs is 6. The van der Waals surface area contributed by atoms with Crippen molar-refractivity contribution in [1.29, 1.82) is 0 Å². The molecule has 1 aromatic carbocycles. The molecule has 1 aliphatic heterocycles. The lowest BCUT2D eigenvalue weighted by molar-refractivity contribution is -0.100. The van der Waals surface area contributed by atoms with Crippen LogP contribution in [-0.4, -0.2) is 17.9 Å². The maximum atomic E-state index is 13.1. The van der Waals surface area contributed by atoms with E-state index in [0.29, 0.717) is 16.9 Å². The first-order chi connectivity index (χ1) is 18.4. The minimum Gasteiger partial charge on any atom is -0.426 e. The standard InChI is InChI=1S/C36H52O3/c1-23(2)12-11-13-24(3)27-17-18-28-26-16-19-30-33(4,5)36(39-32(37)25-14-9-8-10-15-25)31(38-36)22-35(30,7)29(26)20-21-34(27,28)6/h8-10,14-15,19,23-24,26-29,31H,11-13,16-18,20-22H2,1-7H3/t24-,26+,27-,28+,29+,31?,34-,35-,36+/m1/s1. The smallest absolute Gasteiger partial charge is 0.340 e. The fourth-order valence-electron chi connectivity index (χ4n) is 10.8. The molecule has 0 radical (unpaired) electrons. The molecule has 1 heterocycles. The Morgan fingerprint density at radius 1 is 1.00 bits per heavy atom. The van der Waals surface area contributed by atoms with Crippen molar-refractivity contribution in [2.45, 2.75) is 118 Å². The Labute approximate surface area is 237 Å². The lowest BCUT2D eigenvalue weighted by Crippen LogP contribution is -2.57. The molecule has 3 saturated carbocycles. The zero-order valence-corrected chi connectivity index (χ0v) is 25.6. The zero-order valence-electron chi connectivity index (χ0n) is 25.6. The summed E-state index contributed by atoms with van der Waals surface area (Å²) in [4.78, 5) is 13.1. The van der Waals surface area contributed by atoms with Gasteiger partial charge in [-0.05, 0) is 111 Å². The quantitative estimate of drug-likeness (QED) is 0.200. The van der Waals surface area contributed by atoms with Gasteiger partial charge in [0, 0.05) is 0 Å². The molecule has 6 rings (SSSR count). The second-order valence-electron chi connectivity index (χ2n) is 15.5. The first-order valence-electron chi connectivity index (χ1n) is 16.1. The summed E-state index contributed by atoms with van der Waals surface area (Å²) in [6.45, 7) is 17.0. The number of ether oxygens (including phenoxy) is 2. The largest absolute Gasteiger partial charge is 0.426 e. The maximum Gasteiger partial charge on any atom is 0.340 e. The summed E-state index contributed by atoms with van der Waals surface area (Å²) in [5, 5.41) is 0. The van der Waals surface area contributed by atoms with Crippen LogP contribution >= 0.6 is 0 Å². The summed E-state index contributed by atoms with van der Waals surface area (Å²) in [7, 11) is 0. The van der Waals surface area contributed by atoms with Crippen LogP contribution in [0.3, 0.4) is 0 Å². The molecule has 0 N–H and O–H groups in total. The van der Waals surface area contributed by atoms with E-state index in [1.165, 1.54) is 56.9 Å². The third kappa shape index (κ3) is 4.11. The average molecular weight is 533 g/mol. The van der Waals surface area contributed by atoms with E-state index < -0.39 is 5.79 Å². The molecular formula is C36H52O3. The Morgan fingerprint density at radius 3 is 2.46 bits per heavy atom. The minimum absolute atomic E-state index is 0.00771. The lowest BCUT2D eigenvalue weighted by Gasteiger charge is -2.60. The van der Waals surface area contributed by atoms with Gasteiger partial charge in [-0.1, -0.05) is 83.7 Å². The van der Waals surface area contributed by atoms with E-state index >= 15 is 0 Å². The summed E-state index contributed by atoms with van der Waals surface area (Å²) < 4.78 is 12.7. The zero-order chi connectivity index (χ0) is 27.8. The summed E-state index contributed by atoms with van der Waals surface area (Å²) >= 11 is 0. The average Bonchev–Trinajstić information content (AvgIpc) is 3.46. The van der Waals surface area contributed by atoms with E-state index in [1.54, 1.807) is 0 Å². The highest BCUT2D eigenvalue weighted by molar-refractivity contribution is 5.89. The van der Waals surface area contributed by atoms with Gasteiger partial charge in [-0.15, -0.1) is 0 Å². The third-order valence-electron chi connectivity index (χ3n) is 12.8. The van der Waals surface area contributed by atoms with Crippen LogP contribution in [0.2, 0.25) is 0 Å². The summed E-state index contributed by atoms with van der Waals surface area (Å²) in [6, 6.07) is 9.38. The molecule has 9 atom stereocenters. The van der Waals surface area contributed by atoms with Crippen molar-refractivity contribution < 1.29 is 14.3 Å². The van der Waals surface area contributed by atoms with Crippen LogP contribution in [0.25, 0.3) is 0 Å². The van der Waals surface area contributed by atoms with Gasteiger partial charge in [0.25, 0.3) is 0 Å². The van der Waals surface area contributed by atoms with E-state index in [-0.39, 0.29) is 22.9 Å². The van der Waals surface area contributed by atoms with Gasteiger partial charge in [-0.25, -0.2) is 4.79 Å². The fraction of sp³-hybridized carbons (Fsp3) is 0.750. The predicted octanol–water partition coefficient (Wildman–Crippen LogP) is 9.23. The van der Waals surface area contributed by atoms with Crippen LogP contribution in [-0.2, 0) is 9.47 Å². The normalized spacial score (nSPS) is 42.5. The van der Waals surface area contributed by atoms with E-state index in [0.717, 1.165) is 36.0 Å². The molecule has 39 heavy (non-hydrogen) atoms. The molecule has 0 spiro atoms. The van der Waals surface area contributed by atoms with Crippen molar-refractivity contribution in [3.8, 4) is 0 Å². The number of hydrogen-bond acceptors (Lipinski definition) is 3. The van der Waals surface area contributed by atoms with Gasteiger partial charge in [0.2, 0.25) is 5.79 Å². The van der Waals surface area contributed by atoms with Gasteiger partial charge in [0.05, 0.1) is 11.0 Å². The molecule has 5 aliphatic rings. The molecule has 1 unspecified atom stereocenters. The van der Waals surface area contributed by atoms with Crippen LogP contribution in [0.15, 0.2) is 42.0 Å². The Kier molecular flexibility index (Phi) is 6.69. The van der Waals surface area contributed by atoms with E-state index in [9.17, 15) is 4.79 Å². The molecule has 214 valence electrons. The van der Waals surface area contributed by atoms with Crippen LogP contribution in [0.1, 0.15) is 117 Å². The highest BCUT2D eigenvalue weighted by Gasteiger charge is 2.77. The van der Waals surface area contributed by atoms with E-state index in [1.807, 2.05) is 30.3 Å². The van der Waals surface area contributed by atoms with Gasteiger partial charge in [-0.3, -0.25) is 0 Å². The molecule has 0 bridgehead atoms. The first-order valence-corrected chi connectivity index (χ1v) is 16.1. The molecule has 1 saturated heterocycles. The number of hydrogen-bond donors (Lipinski definition) is 0. The van der Waals surface area contributed by atoms with Crippen molar-refractivity contribution >= 4 is 5.97 Å². The SMILES string of the molecule is CC(C)CCC[C@@H](C)[C@H]1CC[C@H]2[C@@H]3CC=C4C(C)(C)[C@]5(OC(=O)c6ccccc6)OC5C[C@]4(C)[C@H]3CC[C@]12C. The van der Waals surface area contributed by atoms with Crippen molar-refractivity contribution in [1.82, 2.24) is 0 Å². The number of carbonyl (C=O) groups excluding carboxylic acids is 1. The highest BCUT2D eigenvalue weighted by Crippen LogP contribution is 2.73. The van der Waals surface area contributed by atoms with E-state index in [4.69, 9.17) is 9.47 Å². The van der Waals surface area contributed by atoms with Crippen molar-refractivity contribution in [2.75, 3.05) is 0 Å². The molecule has 1 aromatic rings. The monoisotopic (exact) mass is 532 g/mol.